The Morgan fingerprint density at radius 3 is 3.15 bits per heavy atom. The van der Waals surface area contributed by atoms with E-state index in [-0.39, 0.29) is 18.5 Å². The zero-order chi connectivity index (χ0) is 13.9. The number of carboxylic acids is 1. The molecule has 1 aromatic carbocycles. The molecule has 5 heteroatoms. The number of aryl methyl sites for hydroxylation is 1. The highest BCUT2D eigenvalue weighted by Gasteiger charge is 2.26. The van der Waals surface area contributed by atoms with Gasteiger partial charge in [-0.3, -0.25) is 15.6 Å². The molecule has 1 aromatic rings. The van der Waals surface area contributed by atoms with Crippen LogP contribution in [0.5, 0.6) is 5.75 Å². The smallest absolute Gasteiger partial charge is 0.303 e. The fraction of sp³-hybridized carbons (Fsp3) is 0.533. The van der Waals surface area contributed by atoms with Gasteiger partial charge in [0.2, 0.25) is 0 Å². The van der Waals surface area contributed by atoms with Crippen molar-refractivity contribution in [3.63, 3.8) is 0 Å². The van der Waals surface area contributed by atoms with Gasteiger partial charge < -0.3 is 9.84 Å². The van der Waals surface area contributed by atoms with Crippen molar-refractivity contribution < 1.29 is 14.6 Å². The second-order valence-electron chi connectivity index (χ2n) is 5.53. The van der Waals surface area contributed by atoms with Gasteiger partial charge in [-0.1, -0.05) is 12.1 Å². The fourth-order valence-corrected chi connectivity index (χ4v) is 2.93. The maximum atomic E-state index is 10.6. The van der Waals surface area contributed by atoms with Crippen LogP contribution in [0.4, 0.5) is 0 Å². The Morgan fingerprint density at radius 1 is 1.40 bits per heavy atom. The highest BCUT2D eigenvalue weighted by molar-refractivity contribution is 5.66. The molecule has 0 aromatic heterocycles. The predicted molar refractivity (Wildman–Crippen MR) is 74.5 cm³/mol. The molecule has 2 aliphatic heterocycles. The van der Waals surface area contributed by atoms with Crippen molar-refractivity contribution in [2.75, 3.05) is 6.61 Å². The van der Waals surface area contributed by atoms with Crippen molar-refractivity contribution in [3.8, 4) is 5.75 Å². The summed E-state index contributed by atoms with van der Waals surface area (Å²) in [5, 5.41) is 8.73. The van der Waals surface area contributed by atoms with Gasteiger partial charge in [-0.2, -0.15) is 0 Å². The third kappa shape index (κ3) is 2.94. The van der Waals surface area contributed by atoms with Crippen molar-refractivity contribution in [1.82, 2.24) is 10.9 Å². The molecule has 0 radical (unpaired) electrons. The van der Waals surface area contributed by atoms with Crippen molar-refractivity contribution in [2.45, 2.75) is 44.2 Å². The van der Waals surface area contributed by atoms with Crippen LogP contribution in [-0.4, -0.2) is 23.7 Å². The van der Waals surface area contributed by atoms with E-state index in [9.17, 15) is 4.79 Å². The third-order valence-electron chi connectivity index (χ3n) is 4.02. The van der Waals surface area contributed by atoms with Crippen molar-refractivity contribution in [3.05, 3.63) is 29.3 Å². The summed E-state index contributed by atoms with van der Waals surface area (Å²) in [4.78, 5) is 10.6. The molecule has 2 unspecified atom stereocenters. The molecule has 3 N–H and O–H groups in total. The normalized spacial score (nSPS) is 25.0. The fourth-order valence-electron chi connectivity index (χ4n) is 2.93. The Labute approximate surface area is 118 Å². The second kappa shape index (κ2) is 5.81. The summed E-state index contributed by atoms with van der Waals surface area (Å²) in [5.74, 6) is 0.273. The number of hydrogen-bond donors (Lipinski definition) is 3. The molecule has 2 heterocycles. The van der Waals surface area contributed by atoms with E-state index >= 15 is 0 Å². The first-order valence-corrected chi connectivity index (χ1v) is 7.21. The predicted octanol–water partition coefficient (Wildman–Crippen LogP) is 1.78. The van der Waals surface area contributed by atoms with Crippen molar-refractivity contribution >= 4 is 5.97 Å². The van der Waals surface area contributed by atoms with Crippen molar-refractivity contribution in [2.24, 2.45) is 0 Å². The number of benzene rings is 1. The SMILES string of the molecule is O=C(O)CCC1CC(c2ccc3c(c2)CCCO3)NN1. The molecule has 1 fully saturated rings. The van der Waals surface area contributed by atoms with Crippen LogP contribution >= 0.6 is 0 Å². The molecule has 0 aliphatic carbocycles. The average molecular weight is 276 g/mol. The lowest BCUT2D eigenvalue weighted by molar-refractivity contribution is -0.137. The van der Waals surface area contributed by atoms with E-state index in [0.717, 1.165) is 31.6 Å². The standard InChI is InChI=1S/C15H20N2O3/c18-15(19)6-4-12-9-13(17-16-12)10-3-5-14-11(8-10)2-1-7-20-14/h3,5,8,12-13,16-17H,1-2,4,6-7,9H2,(H,18,19). The summed E-state index contributed by atoms with van der Waals surface area (Å²) < 4.78 is 5.63. The van der Waals surface area contributed by atoms with E-state index in [1.54, 1.807) is 0 Å². The maximum absolute atomic E-state index is 10.6. The highest BCUT2D eigenvalue weighted by atomic mass is 16.5. The van der Waals surface area contributed by atoms with E-state index in [4.69, 9.17) is 9.84 Å². The molecule has 2 aliphatic rings. The zero-order valence-corrected chi connectivity index (χ0v) is 11.4. The number of rotatable bonds is 4. The third-order valence-corrected chi connectivity index (χ3v) is 4.02. The molecule has 108 valence electrons. The molecule has 2 atom stereocenters. The number of carboxylic acid groups (broad SMARTS) is 1. The first-order chi connectivity index (χ1) is 9.72. The average Bonchev–Trinajstić information content (AvgIpc) is 2.93. The van der Waals surface area contributed by atoms with Gasteiger partial charge in [-0.05, 0) is 42.9 Å². The van der Waals surface area contributed by atoms with Crippen LogP contribution in [-0.2, 0) is 11.2 Å². The van der Waals surface area contributed by atoms with Gasteiger partial charge in [0, 0.05) is 18.5 Å². The van der Waals surface area contributed by atoms with Gasteiger partial charge in [0.15, 0.2) is 0 Å². The first kappa shape index (κ1) is 13.4. The van der Waals surface area contributed by atoms with Crippen molar-refractivity contribution in [1.29, 1.82) is 0 Å². The van der Waals surface area contributed by atoms with Crippen LogP contribution in [0.1, 0.15) is 42.9 Å². The first-order valence-electron chi connectivity index (χ1n) is 7.21. The van der Waals surface area contributed by atoms with E-state index in [1.165, 1.54) is 11.1 Å². The molecule has 0 saturated carbocycles. The molecule has 0 amide bonds. The van der Waals surface area contributed by atoms with Gasteiger partial charge in [-0.25, -0.2) is 0 Å². The van der Waals surface area contributed by atoms with Crippen LogP contribution < -0.4 is 15.6 Å². The van der Waals surface area contributed by atoms with Gasteiger partial charge in [0.25, 0.3) is 0 Å². The van der Waals surface area contributed by atoms with Crippen LogP contribution in [0.2, 0.25) is 0 Å². The molecule has 0 spiro atoms. The van der Waals surface area contributed by atoms with E-state index in [1.807, 2.05) is 0 Å². The Morgan fingerprint density at radius 2 is 2.30 bits per heavy atom. The number of fused-ring (bicyclic) bond motifs is 1. The molecular formula is C15H20N2O3. The summed E-state index contributed by atoms with van der Waals surface area (Å²) in [6.45, 7) is 0.812. The van der Waals surface area contributed by atoms with Crippen LogP contribution in [0.3, 0.4) is 0 Å². The van der Waals surface area contributed by atoms with E-state index in [0.29, 0.717) is 6.42 Å². The number of hydrogen-bond acceptors (Lipinski definition) is 4. The zero-order valence-electron chi connectivity index (χ0n) is 11.4. The molecule has 1 saturated heterocycles. The number of aliphatic carboxylic acids is 1. The minimum Gasteiger partial charge on any atom is -0.493 e. The van der Waals surface area contributed by atoms with E-state index < -0.39 is 5.97 Å². The van der Waals surface area contributed by atoms with Gasteiger partial charge in [0.1, 0.15) is 5.75 Å². The Hall–Kier alpha value is -1.59. The van der Waals surface area contributed by atoms with Gasteiger partial charge in [0.05, 0.1) is 6.61 Å². The Kier molecular flexibility index (Phi) is 3.89. The second-order valence-corrected chi connectivity index (χ2v) is 5.53. The van der Waals surface area contributed by atoms with Crippen LogP contribution in [0, 0.1) is 0 Å². The molecule has 0 bridgehead atoms. The Bertz CT molecular complexity index is 504. The number of ether oxygens (including phenoxy) is 1. The topological polar surface area (TPSA) is 70.6 Å². The molecule has 20 heavy (non-hydrogen) atoms. The maximum Gasteiger partial charge on any atom is 0.303 e. The monoisotopic (exact) mass is 276 g/mol. The lowest BCUT2D eigenvalue weighted by atomic mass is 9.96. The lowest BCUT2D eigenvalue weighted by Crippen LogP contribution is -2.31. The number of hydrazine groups is 1. The summed E-state index contributed by atoms with van der Waals surface area (Å²) in [6.07, 6.45) is 3.95. The quantitative estimate of drug-likeness (QED) is 0.782. The lowest BCUT2D eigenvalue weighted by Gasteiger charge is -2.19. The summed E-state index contributed by atoms with van der Waals surface area (Å²) in [6, 6.07) is 6.84. The van der Waals surface area contributed by atoms with E-state index in [2.05, 4.69) is 29.1 Å². The number of nitrogens with one attached hydrogen (secondary N) is 2. The minimum absolute atomic E-state index is 0.212. The molecular weight excluding hydrogens is 256 g/mol. The highest BCUT2D eigenvalue weighted by Crippen LogP contribution is 2.30. The molecule has 3 rings (SSSR count). The Balaban J connectivity index is 1.64. The minimum atomic E-state index is -0.735. The van der Waals surface area contributed by atoms with Gasteiger partial charge in [-0.15, -0.1) is 0 Å². The number of carbonyl (C=O) groups is 1. The molecule has 5 nitrogen and oxygen atoms in total. The summed E-state index contributed by atoms with van der Waals surface area (Å²) in [7, 11) is 0. The summed E-state index contributed by atoms with van der Waals surface area (Å²) >= 11 is 0. The van der Waals surface area contributed by atoms with Gasteiger partial charge >= 0.3 is 5.97 Å². The summed E-state index contributed by atoms with van der Waals surface area (Å²) in [5.41, 5.74) is 9.00. The van der Waals surface area contributed by atoms with Crippen LogP contribution in [0.15, 0.2) is 18.2 Å². The largest absolute Gasteiger partial charge is 0.493 e. The van der Waals surface area contributed by atoms with Crippen LogP contribution in [0.25, 0.3) is 0 Å².